The van der Waals surface area contributed by atoms with Gasteiger partial charge in [0.2, 0.25) is 5.91 Å². The Balaban J connectivity index is 1.92. The van der Waals surface area contributed by atoms with Crippen molar-refractivity contribution < 1.29 is 9.53 Å². The lowest BCUT2D eigenvalue weighted by atomic mass is 10.1. The summed E-state index contributed by atoms with van der Waals surface area (Å²) in [7, 11) is 1.65. The van der Waals surface area contributed by atoms with Crippen molar-refractivity contribution in [2.24, 2.45) is 0 Å². The zero-order valence-corrected chi connectivity index (χ0v) is 16.2. The Bertz CT molecular complexity index is 1060. The normalized spacial score (nSPS) is 10.5. The molecule has 0 spiro atoms. The van der Waals surface area contributed by atoms with E-state index in [2.05, 4.69) is 17.3 Å². The van der Waals surface area contributed by atoms with E-state index in [-0.39, 0.29) is 11.5 Å². The molecule has 144 valence electrons. The van der Waals surface area contributed by atoms with Crippen molar-refractivity contribution in [1.29, 1.82) is 0 Å². The van der Waals surface area contributed by atoms with E-state index in [0.717, 1.165) is 34.6 Å². The van der Waals surface area contributed by atoms with Gasteiger partial charge in [-0.1, -0.05) is 19.1 Å². The monoisotopic (exact) mass is 377 g/mol. The molecule has 0 fully saturated rings. The van der Waals surface area contributed by atoms with E-state index in [9.17, 15) is 9.59 Å². The molecule has 0 saturated heterocycles. The molecule has 3 aromatic rings. The number of rotatable bonds is 6. The van der Waals surface area contributed by atoms with Gasteiger partial charge in [0, 0.05) is 24.2 Å². The summed E-state index contributed by atoms with van der Waals surface area (Å²) in [6, 6.07) is 16.5. The molecule has 1 N–H and O–H groups in total. The Kier molecular flexibility index (Phi) is 5.89. The van der Waals surface area contributed by atoms with E-state index in [0.29, 0.717) is 12.2 Å². The van der Waals surface area contributed by atoms with Gasteiger partial charge in [0.1, 0.15) is 5.75 Å². The highest BCUT2D eigenvalue weighted by atomic mass is 16.5. The van der Waals surface area contributed by atoms with Crippen LogP contribution >= 0.6 is 0 Å². The molecule has 2 aromatic carbocycles. The summed E-state index contributed by atoms with van der Waals surface area (Å²) >= 11 is 0. The lowest BCUT2D eigenvalue weighted by molar-refractivity contribution is -0.114. The van der Waals surface area contributed by atoms with Crippen molar-refractivity contribution in [3.05, 3.63) is 76.1 Å². The zero-order valence-electron chi connectivity index (χ0n) is 16.2. The number of anilines is 1. The first-order valence-corrected chi connectivity index (χ1v) is 9.12. The van der Waals surface area contributed by atoms with Gasteiger partial charge in [-0.05, 0) is 53.9 Å². The first-order chi connectivity index (χ1) is 13.5. The molecule has 3 rings (SSSR count). The molecule has 1 heterocycles. The van der Waals surface area contributed by atoms with Gasteiger partial charge in [-0.15, -0.1) is 0 Å². The summed E-state index contributed by atoms with van der Waals surface area (Å²) in [5.41, 5.74) is 4.12. The summed E-state index contributed by atoms with van der Waals surface area (Å²) in [5, 5.41) is 7.28. The van der Waals surface area contributed by atoms with Crippen LogP contribution in [0.4, 0.5) is 5.69 Å². The van der Waals surface area contributed by atoms with Crippen molar-refractivity contribution in [3.63, 3.8) is 0 Å². The smallest absolute Gasteiger partial charge is 0.267 e. The van der Waals surface area contributed by atoms with Gasteiger partial charge < -0.3 is 10.1 Å². The number of nitrogens with one attached hydrogen (secondary N) is 1. The fourth-order valence-electron chi connectivity index (χ4n) is 3.05. The minimum Gasteiger partial charge on any atom is -0.496 e. The molecule has 1 aromatic heterocycles. The van der Waals surface area contributed by atoms with E-state index >= 15 is 0 Å². The SMILES string of the molecule is CCc1cc(-c2ccc(=O)n(Cc3cccc(NC(C)=O)c3)n2)ccc1OC. The Morgan fingerprint density at radius 2 is 1.96 bits per heavy atom. The third kappa shape index (κ3) is 4.46. The van der Waals surface area contributed by atoms with Crippen LogP contribution in [-0.4, -0.2) is 22.8 Å². The van der Waals surface area contributed by atoms with Crippen molar-refractivity contribution in [2.75, 3.05) is 12.4 Å². The number of hydrogen-bond acceptors (Lipinski definition) is 4. The van der Waals surface area contributed by atoms with Crippen molar-refractivity contribution in [1.82, 2.24) is 9.78 Å². The molecular weight excluding hydrogens is 354 g/mol. The van der Waals surface area contributed by atoms with Crippen LogP contribution in [0.5, 0.6) is 5.75 Å². The Labute approximate surface area is 163 Å². The summed E-state index contributed by atoms with van der Waals surface area (Å²) in [5.74, 6) is 0.704. The summed E-state index contributed by atoms with van der Waals surface area (Å²) in [6.07, 6.45) is 0.840. The van der Waals surface area contributed by atoms with Gasteiger partial charge in [0.15, 0.2) is 0 Å². The van der Waals surface area contributed by atoms with Gasteiger partial charge in [-0.25, -0.2) is 4.68 Å². The minimum atomic E-state index is -0.182. The molecule has 0 aliphatic carbocycles. The average molecular weight is 377 g/mol. The van der Waals surface area contributed by atoms with Crippen LogP contribution < -0.4 is 15.6 Å². The predicted octanol–water partition coefficient (Wildman–Crippen LogP) is 3.49. The second-order valence-electron chi connectivity index (χ2n) is 6.48. The molecule has 6 nitrogen and oxygen atoms in total. The van der Waals surface area contributed by atoms with Gasteiger partial charge in [-0.3, -0.25) is 9.59 Å². The summed E-state index contributed by atoms with van der Waals surface area (Å²) in [6.45, 7) is 3.84. The van der Waals surface area contributed by atoms with Gasteiger partial charge in [0.05, 0.1) is 19.3 Å². The van der Waals surface area contributed by atoms with Gasteiger partial charge in [-0.2, -0.15) is 5.10 Å². The fraction of sp³-hybridized carbons (Fsp3) is 0.227. The van der Waals surface area contributed by atoms with Crippen LogP contribution in [0.25, 0.3) is 11.3 Å². The quantitative estimate of drug-likeness (QED) is 0.714. The molecule has 6 heteroatoms. The van der Waals surface area contributed by atoms with Crippen molar-refractivity contribution in [3.8, 4) is 17.0 Å². The zero-order chi connectivity index (χ0) is 20.1. The standard InChI is InChI=1S/C22H23N3O3/c1-4-17-13-18(8-10-21(17)28-3)20-9-11-22(27)25(24-20)14-16-6-5-7-19(12-16)23-15(2)26/h5-13H,4,14H2,1-3H3,(H,23,26). The lowest BCUT2D eigenvalue weighted by Crippen LogP contribution is -2.23. The molecule has 0 unspecified atom stereocenters. The summed E-state index contributed by atoms with van der Waals surface area (Å²) < 4.78 is 6.81. The maximum atomic E-state index is 12.3. The average Bonchev–Trinajstić information content (AvgIpc) is 2.69. The maximum absolute atomic E-state index is 12.3. The first kappa shape index (κ1) is 19.4. The van der Waals surface area contributed by atoms with E-state index in [4.69, 9.17) is 4.74 Å². The number of aromatic nitrogens is 2. The van der Waals surface area contributed by atoms with E-state index < -0.39 is 0 Å². The molecule has 0 saturated carbocycles. The summed E-state index contributed by atoms with van der Waals surface area (Å²) in [4.78, 5) is 23.6. The van der Waals surface area contributed by atoms with Crippen molar-refractivity contribution in [2.45, 2.75) is 26.8 Å². The molecule has 0 aliphatic rings. The second-order valence-corrected chi connectivity index (χ2v) is 6.48. The van der Waals surface area contributed by atoms with E-state index in [1.807, 2.05) is 36.4 Å². The second kappa shape index (κ2) is 8.52. The van der Waals surface area contributed by atoms with E-state index in [1.165, 1.54) is 17.7 Å². The van der Waals surface area contributed by atoms with Crippen LogP contribution in [0.1, 0.15) is 25.0 Å². The highest BCUT2D eigenvalue weighted by Crippen LogP contribution is 2.25. The van der Waals surface area contributed by atoms with Gasteiger partial charge in [0.25, 0.3) is 5.56 Å². The topological polar surface area (TPSA) is 73.2 Å². The van der Waals surface area contributed by atoms with Crippen LogP contribution in [-0.2, 0) is 17.8 Å². The Morgan fingerprint density at radius 1 is 1.14 bits per heavy atom. The molecule has 0 radical (unpaired) electrons. The number of methoxy groups -OCH3 is 1. The number of carbonyl (C=O) groups excluding carboxylic acids is 1. The van der Waals surface area contributed by atoms with Crippen molar-refractivity contribution >= 4 is 11.6 Å². The number of carbonyl (C=O) groups is 1. The predicted molar refractivity (Wildman–Crippen MR) is 110 cm³/mol. The van der Waals surface area contributed by atoms with Crippen LogP contribution in [0, 0.1) is 0 Å². The third-order valence-electron chi connectivity index (χ3n) is 4.40. The number of aryl methyl sites for hydroxylation is 1. The number of amides is 1. The lowest BCUT2D eigenvalue weighted by Gasteiger charge is -2.11. The molecule has 1 amide bonds. The van der Waals surface area contributed by atoms with Crippen LogP contribution in [0.15, 0.2) is 59.4 Å². The number of ether oxygens (including phenoxy) is 1. The van der Waals surface area contributed by atoms with Crippen LogP contribution in [0.3, 0.4) is 0 Å². The first-order valence-electron chi connectivity index (χ1n) is 9.12. The maximum Gasteiger partial charge on any atom is 0.267 e. The minimum absolute atomic E-state index is 0.138. The number of nitrogens with zero attached hydrogens (tertiary/aromatic N) is 2. The third-order valence-corrected chi connectivity index (χ3v) is 4.40. The number of benzene rings is 2. The largest absolute Gasteiger partial charge is 0.496 e. The molecule has 0 aliphatic heterocycles. The number of hydrogen-bond donors (Lipinski definition) is 1. The highest BCUT2D eigenvalue weighted by Gasteiger charge is 2.08. The molecular formula is C22H23N3O3. The molecule has 0 bridgehead atoms. The fourth-order valence-corrected chi connectivity index (χ4v) is 3.05. The van der Waals surface area contributed by atoms with E-state index in [1.54, 1.807) is 19.2 Å². The Hall–Kier alpha value is -3.41. The highest BCUT2D eigenvalue weighted by molar-refractivity contribution is 5.88. The Morgan fingerprint density at radius 3 is 2.68 bits per heavy atom. The molecule has 0 atom stereocenters. The van der Waals surface area contributed by atoms with Crippen LogP contribution in [0.2, 0.25) is 0 Å². The van der Waals surface area contributed by atoms with Gasteiger partial charge >= 0.3 is 0 Å². The molecule has 28 heavy (non-hydrogen) atoms.